The van der Waals surface area contributed by atoms with Crippen molar-refractivity contribution in [1.29, 1.82) is 0 Å². The molecule has 0 spiro atoms. The summed E-state index contributed by atoms with van der Waals surface area (Å²) in [4.78, 5) is 12.5. The molecule has 1 aromatic heterocycles. The van der Waals surface area contributed by atoms with E-state index < -0.39 is 18.0 Å². The van der Waals surface area contributed by atoms with E-state index in [1.807, 2.05) is 4.98 Å². The number of aromatic amines is 1. The molecule has 1 aromatic rings. The minimum atomic E-state index is -5.01. The number of rotatable bonds is 1. The zero-order chi connectivity index (χ0) is 9.35. The SMILES string of the molecule is Cc1cc(=O)[nH]cc1[B-](F)(F)F. The maximum Gasteiger partial charge on any atom is 0.511 e. The molecule has 1 heterocycles. The zero-order valence-electron chi connectivity index (χ0n) is 6.27. The van der Waals surface area contributed by atoms with Crippen LogP contribution in [-0.4, -0.2) is 12.0 Å². The number of hydrogen-bond acceptors (Lipinski definition) is 1. The summed E-state index contributed by atoms with van der Waals surface area (Å²) in [6, 6.07) is 0.935. The predicted octanol–water partition coefficient (Wildman–Crippen LogP) is 0.738. The second-order valence-electron chi connectivity index (χ2n) is 2.51. The molecular weight excluding hydrogens is 170 g/mol. The second kappa shape index (κ2) is 2.69. The molecule has 2 nitrogen and oxygen atoms in total. The van der Waals surface area contributed by atoms with Gasteiger partial charge < -0.3 is 17.9 Å². The van der Waals surface area contributed by atoms with Gasteiger partial charge in [-0.2, -0.15) is 0 Å². The van der Waals surface area contributed by atoms with Gasteiger partial charge in [0.15, 0.2) is 0 Å². The first-order valence-corrected chi connectivity index (χ1v) is 3.30. The third-order valence-electron chi connectivity index (χ3n) is 1.53. The van der Waals surface area contributed by atoms with E-state index in [-0.39, 0.29) is 5.56 Å². The van der Waals surface area contributed by atoms with Crippen LogP contribution >= 0.6 is 0 Å². The number of H-pyrrole nitrogens is 1. The summed E-state index contributed by atoms with van der Waals surface area (Å²) in [7, 11) is 0. The van der Waals surface area contributed by atoms with E-state index in [0.29, 0.717) is 6.20 Å². The summed E-state index contributed by atoms with van der Waals surface area (Å²) in [5.41, 5.74) is -1.29. The first-order chi connectivity index (χ1) is 5.41. The van der Waals surface area contributed by atoms with Crippen LogP contribution in [0.2, 0.25) is 0 Å². The van der Waals surface area contributed by atoms with Crippen LogP contribution in [0.1, 0.15) is 5.56 Å². The Labute approximate surface area is 66.5 Å². The van der Waals surface area contributed by atoms with Crippen LogP contribution in [-0.2, 0) is 0 Å². The van der Waals surface area contributed by atoms with Crippen molar-refractivity contribution in [3.63, 3.8) is 0 Å². The Hall–Kier alpha value is -1.20. The number of aryl methyl sites for hydroxylation is 1. The van der Waals surface area contributed by atoms with Gasteiger partial charge >= 0.3 is 6.98 Å². The highest BCUT2D eigenvalue weighted by Crippen LogP contribution is 2.09. The second-order valence-corrected chi connectivity index (χ2v) is 2.51. The molecule has 0 aromatic carbocycles. The molecule has 0 saturated carbocycles. The first-order valence-electron chi connectivity index (χ1n) is 3.30. The number of pyridine rings is 1. The number of hydrogen-bond donors (Lipinski definition) is 1. The molecule has 0 atom stereocenters. The average molecular weight is 176 g/mol. The van der Waals surface area contributed by atoms with Crippen molar-refractivity contribution in [2.24, 2.45) is 0 Å². The van der Waals surface area contributed by atoms with Crippen LogP contribution in [0.4, 0.5) is 12.9 Å². The van der Waals surface area contributed by atoms with E-state index in [1.54, 1.807) is 0 Å². The highest BCUT2D eigenvalue weighted by molar-refractivity contribution is 6.73. The monoisotopic (exact) mass is 176 g/mol. The zero-order valence-corrected chi connectivity index (χ0v) is 6.27. The quantitative estimate of drug-likeness (QED) is 0.628. The molecule has 0 unspecified atom stereocenters. The highest BCUT2D eigenvalue weighted by Gasteiger charge is 2.27. The highest BCUT2D eigenvalue weighted by atomic mass is 19.4. The summed E-state index contributed by atoms with van der Waals surface area (Å²) in [5, 5.41) is 0. The van der Waals surface area contributed by atoms with Crippen LogP contribution in [0.15, 0.2) is 17.1 Å². The molecule has 0 aliphatic rings. The standard InChI is InChI=1S/C6H6BF3NO/c1-4-2-6(12)11-3-5(4)7(8,9)10/h2-3H,1H3,(H,11,12)/q-1. The largest absolute Gasteiger partial charge is 0.511 e. The Morgan fingerprint density at radius 2 is 2.00 bits per heavy atom. The van der Waals surface area contributed by atoms with Crippen molar-refractivity contribution < 1.29 is 12.9 Å². The van der Waals surface area contributed by atoms with Gasteiger partial charge in [0.25, 0.3) is 0 Å². The van der Waals surface area contributed by atoms with Crippen LogP contribution < -0.4 is 11.0 Å². The Morgan fingerprint density at radius 3 is 2.42 bits per heavy atom. The molecule has 1 rings (SSSR count). The fourth-order valence-electron chi connectivity index (χ4n) is 0.937. The van der Waals surface area contributed by atoms with Crippen molar-refractivity contribution in [2.75, 3.05) is 0 Å². The molecule has 0 aliphatic heterocycles. The molecule has 66 valence electrons. The van der Waals surface area contributed by atoms with E-state index in [4.69, 9.17) is 0 Å². The van der Waals surface area contributed by atoms with Gasteiger partial charge in [0.1, 0.15) is 0 Å². The molecule has 0 bridgehead atoms. The third kappa shape index (κ3) is 1.69. The lowest BCUT2D eigenvalue weighted by Gasteiger charge is -2.16. The fraction of sp³-hybridized carbons (Fsp3) is 0.167. The normalized spacial score (nSPS) is 11.7. The molecule has 6 heteroatoms. The Kier molecular flexibility index (Phi) is 2.00. The van der Waals surface area contributed by atoms with Gasteiger partial charge in [0, 0.05) is 6.07 Å². The first kappa shape index (κ1) is 8.90. The predicted molar refractivity (Wildman–Crippen MR) is 40.5 cm³/mol. The van der Waals surface area contributed by atoms with E-state index in [2.05, 4.69) is 0 Å². The van der Waals surface area contributed by atoms with Crippen molar-refractivity contribution >= 4 is 12.4 Å². The van der Waals surface area contributed by atoms with Crippen LogP contribution in [0.5, 0.6) is 0 Å². The molecule has 0 saturated heterocycles. The van der Waals surface area contributed by atoms with Crippen molar-refractivity contribution in [3.8, 4) is 0 Å². The van der Waals surface area contributed by atoms with E-state index in [0.717, 1.165) is 6.07 Å². The topological polar surface area (TPSA) is 32.9 Å². The lowest BCUT2D eigenvalue weighted by Crippen LogP contribution is -2.37. The summed E-state index contributed by atoms with van der Waals surface area (Å²) >= 11 is 0. The molecule has 0 aliphatic carbocycles. The Bertz CT molecular complexity index is 343. The van der Waals surface area contributed by atoms with Crippen molar-refractivity contribution in [2.45, 2.75) is 6.92 Å². The number of halogens is 3. The van der Waals surface area contributed by atoms with Crippen LogP contribution in [0, 0.1) is 6.92 Å². The Morgan fingerprint density at radius 1 is 1.42 bits per heavy atom. The van der Waals surface area contributed by atoms with Crippen molar-refractivity contribution in [1.82, 2.24) is 4.98 Å². The van der Waals surface area contributed by atoms with Gasteiger partial charge in [0.2, 0.25) is 5.56 Å². The van der Waals surface area contributed by atoms with Crippen LogP contribution in [0.25, 0.3) is 0 Å². The summed E-state index contributed by atoms with van der Waals surface area (Å²) in [6.07, 6.45) is 0.706. The minimum absolute atomic E-state index is 0.0359. The van der Waals surface area contributed by atoms with E-state index >= 15 is 0 Å². The summed E-state index contributed by atoms with van der Waals surface area (Å²) < 4.78 is 36.4. The lowest BCUT2D eigenvalue weighted by molar-refractivity contribution is 0.500. The third-order valence-corrected chi connectivity index (χ3v) is 1.53. The summed E-state index contributed by atoms with van der Waals surface area (Å²) in [5.74, 6) is 0. The average Bonchev–Trinajstić information content (AvgIpc) is 1.83. The van der Waals surface area contributed by atoms with Gasteiger partial charge in [-0.15, -0.1) is 0 Å². The summed E-state index contributed by atoms with van der Waals surface area (Å²) in [6.45, 7) is -3.75. The van der Waals surface area contributed by atoms with E-state index in [9.17, 15) is 17.7 Å². The van der Waals surface area contributed by atoms with Gasteiger partial charge in [-0.25, -0.2) is 0 Å². The molecule has 12 heavy (non-hydrogen) atoms. The molecule has 0 amide bonds. The minimum Gasteiger partial charge on any atom is -0.445 e. The number of aromatic nitrogens is 1. The van der Waals surface area contributed by atoms with Gasteiger partial charge in [-0.05, 0) is 13.1 Å². The maximum absolute atomic E-state index is 12.1. The Balaban J connectivity index is 3.28. The van der Waals surface area contributed by atoms with Crippen molar-refractivity contribution in [3.05, 3.63) is 28.2 Å². The molecular formula is C6H6BF3NO-. The molecule has 0 fully saturated rings. The van der Waals surface area contributed by atoms with Gasteiger partial charge in [-0.1, -0.05) is 11.0 Å². The molecule has 1 N–H and O–H groups in total. The van der Waals surface area contributed by atoms with Gasteiger partial charge in [0.05, 0.1) is 0 Å². The fourth-order valence-corrected chi connectivity index (χ4v) is 0.937. The smallest absolute Gasteiger partial charge is 0.445 e. The maximum atomic E-state index is 12.1. The lowest BCUT2D eigenvalue weighted by atomic mass is 9.78. The number of nitrogens with one attached hydrogen (secondary N) is 1. The van der Waals surface area contributed by atoms with E-state index in [1.165, 1.54) is 6.92 Å². The van der Waals surface area contributed by atoms with Gasteiger partial charge in [-0.3, -0.25) is 4.79 Å². The van der Waals surface area contributed by atoms with Crippen LogP contribution in [0.3, 0.4) is 0 Å². The molecule has 0 radical (unpaired) electrons.